The van der Waals surface area contributed by atoms with Crippen LogP contribution in [0.4, 0.5) is 0 Å². The molecular formula is C37H20N4OS. The molecule has 0 saturated carbocycles. The van der Waals surface area contributed by atoms with Crippen molar-refractivity contribution in [2.45, 2.75) is 0 Å². The zero-order chi connectivity index (χ0) is 28.1. The highest BCUT2D eigenvalue weighted by Crippen LogP contribution is 2.47. The van der Waals surface area contributed by atoms with Gasteiger partial charge in [0.15, 0.2) is 5.58 Å². The van der Waals surface area contributed by atoms with E-state index in [4.69, 9.17) is 19.4 Å². The van der Waals surface area contributed by atoms with E-state index in [1.165, 1.54) is 36.3 Å². The minimum absolute atomic E-state index is 0.575. The minimum atomic E-state index is 0.575. The molecule has 0 radical (unpaired) electrons. The fourth-order valence-corrected chi connectivity index (χ4v) is 7.93. The Morgan fingerprint density at radius 2 is 1.30 bits per heavy atom. The van der Waals surface area contributed by atoms with Crippen LogP contribution in [-0.4, -0.2) is 19.5 Å². The van der Waals surface area contributed by atoms with Crippen LogP contribution in [0, 0.1) is 0 Å². The van der Waals surface area contributed by atoms with Crippen LogP contribution in [0.15, 0.2) is 126 Å². The lowest BCUT2D eigenvalue weighted by atomic mass is 9.99. The molecule has 0 amide bonds. The van der Waals surface area contributed by atoms with Crippen LogP contribution in [0.1, 0.15) is 0 Å². The Bertz CT molecular complexity index is 2740. The predicted molar refractivity (Wildman–Crippen MR) is 177 cm³/mol. The third-order valence-corrected chi connectivity index (χ3v) is 9.64. The Balaban J connectivity index is 1.46. The van der Waals surface area contributed by atoms with Gasteiger partial charge in [0.1, 0.15) is 22.4 Å². The first-order chi connectivity index (χ1) is 21.3. The summed E-state index contributed by atoms with van der Waals surface area (Å²) in [6.07, 6.45) is 1.85. The maximum atomic E-state index is 6.41. The molecule has 6 heteroatoms. The molecule has 0 aliphatic rings. The van der Waals surface area contributed by atoms with Crippen molar-refractivity contribution in [2.75, 3.05) is 0 Å². The molecular weight excluding hydrogens is 549 g/mol. The second kappa shape index (κ2) is 8.47. The molecule has 5 heterocycles. The first kappa shape index (κ1) is 23.0. The van der Waals surface area contributed by atoms with Crippen molar-refractivity contribution in [2.24, 2.45) is 0 Å². The summed E-state index contributed by atoms with van der Waals surface area (Å²) in [6.45, 7) is 0. The smallest absolute Gasteiger partial charge is 0.237 e. The predicted octanol–water partition coefficient (Wildman–Crippen LogP) is 10.1. The second-order valence-corrected chi connectivity index (χ2v) is 11.8. The third-order valence-electron chi connectivity index (χ3n) is 8.46. The summed E-state index contributed by atoms with van der Waals surface area (Å²) in [5.41, 5.74) is 5.91. The number of aromatic nitrogens is 4. The fraction of sp³-hybridized carbons (Fsp3) is 0. The standard InChI is InChI=1S/C37H20N4OS/c1-2-11-21(12-3-1)31-34-32(24-15-6-8-18-27(24)42-34)40-37(39-31)41-33-29(26-17-10-20-38-36(26)41)22-13-4-5-14-23(22)30-25-16-7-9-19-28(25)43-35(30)33/h1-20H. The van der Waals surface area contributed by atoms with Crippen molar-refractivity contribution in [3.8, 4) is 17.2 Å². The molecule has 0 bridgehead atoms. The van der Waals surface area contributed by atoms with Crippen molar-refractivity contribution in [1.29, 1.82) is 0 Å². The van der Waals surface area contributed by atoms with Crippen LogP contribution < -0.4 is 0 Å². The number of fused-ring (bicyclic) bond motifs is 13. The van der Waals surface area contributed by atoms with Crippen molar-refractivity contribution >= 4 is 86.3 Å². The summed E-state index contributed by atoms with van der Waals surface area (Å²) in [7, 11) is 0. The first-order valence-corrected chi connectivity index (χ1v) is 15.0. The van der Waals surface area contributed by atoms with Gasteiger partial charge in [-0.25, -0.2) is 15.0 Å². The lowest BCUT2D eigenvalue weighted by Gasteiger charge is -2.10. The molecule has 0 atom stereocenters. The second-order valence-electron chi connectivity index (χ2n) is 10.8. The zero-order valence-electron chi connectivity index (χ0n) is 22.7. The quantitative estimate of drug-likeness (QED) is 0.208. The highest BCUT2D eigenvalue weighted by Gasteiger charge is 2.25. The Labute approximate surface area is 248 Å². The molecule has 0 aliphatic carbocycles. The van der Waals surface area contributed by atoms with E-state index in [0.717, 1.165) is 44.3 Å². The van der Waals surface area contributed by atoms with Crippen LogP contribution >= 0.6 is 11.3 Å². The third kappa shape index (κ3) is 3.07. The molecule has 200 valence electrons. The first-order valence-electron chi connectivity index (χ1n) is 14.2. The number of para-hydroxylation sites is 1. The Morgan fingerprint density at radius 3 is 2.16 bits per heavy atom. The van der Waals surface area contributed by atoms with Gasteiger partial charge in [0.25, 0.3) is 0 Å². The molecule has 43 heavy (non-hydrogen) atoms. The van der Waals surface area contributed by atoms with Gasteiger partial charge in [-0.05, 0) is 41.1 Å². The van der Waals surface area contributed by atoms with E-state index < -0.39 is 0 Å². The largest absolute Gasteiger partial charge is 0.452 e. The van der Waals surface area contributed by atoms with E-state index >= 15 is 0 Å². The molecule has 0 saturated heterocycles. The van der Waals surface area contributed by atoms with Crippen LogP contribution in [0.2, 0.25) is 0 Å². The van der Waals surface area contributed by atoms with Crippen LogP contribution in [0.3, 0.4) is 0 Å². The van der Waals surface area contributed by atoms with Gasteiger partial charge in [0.05, 0.1) is 10.2 Å². The molecule has 0 aliphatic heterocycles. The van der Waals surface area contributed by atoms with Crippen LogP contribution in [-0.2, 0) is 0 Å². The monoisotopic (exact) mass is 568 g/mol. The highest BCUT2D eigenvalue weighted by molar-refractivity contribution is 7.27. The Morgan fingerprint density at radius 1 is 0.605 bits per heavy atom. The van der Waals surface area contributed by atoms with Gasteiger partial charge in [0.2, 0.25) is 5.95 Å². The summed E-state index contributed by atoms with van der Waals surface area (Å²) in [5.74, 6) is 0.575. The summed E-state index contributed by atoms with van der Waals surface area (Å²) in [6, 6.07) is 39.8. The van der Waals surface area contributed by atoms with E-state index in [1.54, 1.807) is 0 Å². The molecule has 0 unspecified atom stereocenters. The van der Waals surface area contributed by atoms with Gasteiger partial charge in [-0.3, -0.25) is 4.57 Å². The van der Waals surface area contributed by atoms with Crippen LogP contribution in [0.5, 0.6) is 0 Å². The van der Waals surface area contributed by atoms with Crippen molar-refractivity contribution in [3.63, 3.8) is 0 Å². The number of nitrogens with zero attached hydrogens (tertiary/aromatic N) is 4. The molecule has 0 spiro atoms. The molecule has 5 nitrogen and oxygen atoms in total. The van der Waals surface area contributed by atoms with Gasteiger partial charge in [-0.1, -0.05) is 84.9 Å². The average Bonchev–Trinajstić information content (AvgIpc) is 3.75. The lowest BCUT2D eigenvalue weighted by Crippen LogP contribution is -2.03. The number of thiophene rings is 1. The van der Waals surface area contributed by atoms with Crippen LogP contribution in [0.25, 0.3) is 92.2 Å². The SMILES string of the molecule is c1ccc(-c2nc(-n3c4ncccc4c4c5ccccc5c5c6ccccc6sc5c43)nc3c2oc2ccccc23)cc1. The molecule has 0 N–H and O–H groups in total. The average molecular weight is 569 g/mol. The lowest BCUT2D eigenvalue weighted by molar-refractivity contribution is 0.666. The van der Waals surface area contributed by atoms with Gasteiger partial charge < -0.3 is 4.42 Å². The molecule has 5 aromatic heterocycles. The van der Waals surface area contributed by atoms with Gasteiger partial charge in [-0.15, -0.1) is 11.3 Å². The zero-order valence-corrected chi connectivity index (χ0v) is 23.5. The molecule has 10 rings (SSSR count). The summed E-state index contributed by atoms with van der Waals surface area (Å²) in [5, 5.41) is 8.16. The number of pyridine rings is 1. The van der Waals surface area contributed by atoms with E-state index in [-0.39, 0.29) is 0 Å². The number of hydrogen-bond donors (Lipinski definition) is 0. The van der Waals surface area contributed by atoms with E-state index in [0.29, 0.717) is 11.5 Å². The number of furan rings is 1. The van der Waals surface area contributed by atoms with E-state index in [2.05, 4.69) is 77.4 Å². The van der Waals surface area contributed by atoms with E-state index in [9.17, 15) is 0 Å². The van der Waals surface area contributed by atoms with Gasteiger partial charge in [-0.2, -0.15) is 0 Å². The van der Waals surface area contributed by atoms with Crippen molar-refractivity contribution < 1.29 is 4.42 Å². The number of hydrogen-bond acceptors (Lipinski definition) is 5. The van der Waals surface area contributed by atoms with Gasteiger partial charge in [0, 0.05) is 43.4 Å². The summed E-state index contributed by atoms with van der Waals surface area (Å²) >= 11 is 1.82. The molecule has 0 fully saturated rings. The highest BCUT2D eigenvalue weighted by atomic mass is 32.1. The molecule has 5 aromatic carbocycles. The Kier molecular flexibility index (Phi) is 4.54. The maximum Gasteiger partial charge on any atom is 0.237 e. The van der Waals surface area contributed by atoms with Gasteiger partial charge >= 0.3 is 0 Å². The van der Waals surface area contributed by atoms with E-state index in [1.807, 2.05) is 60.0 Å². The normalized spacial score (nSPS) is 12.2. The summed E-state index contributed by atoms with van der Waals surface area (Å²) in [4.78, 5) is 15.5. The van der Waals surface area contributed by atoms with Crippen molar-refractivity contribution in [3.05, 3.63) is 121 Å². The number of benzene rings is 5. The topological polar surface area (TPSA) is 56.7 Å². The van der Waals surface area contributed by atoms with Crippen molar-refractivity contribution in [1.82, 2.24) is 19.5 Å². The Hall–Kier alpha value is -5.59. The summed E-state index contributed by atoms with van der Waals surface area (Å²) < 4.78 is 11.0. The maximum absolute atomic E-state index is 6.41. The minimum Gasteiger partial charge on any atom is -0.452 e. The number of rotatable bonds is 2. The fourth-order valence-electron chi connectivity index (χ4n) is 6.67. The molecule has 10 aromatic rings.